The number of hydrogen-bond acceptors (Lipinski definition) is 3. The van der Waals surface area contributed by atoms with E-state index in [9.17, 15) is 13.2 Å². The highest BCUT2D eigenvalue weighted by atomic mass is 35.5. The summed E-state index contributed by atoms with van der Waals surface area (Å²) in [5.41, 5.74) is 0. The number of sulfonamides is 1. The second kappa shape index (κ2) is 9.37. The predicted octanol–water partition coefficient (Wildman–Crippen LogP) is 1.04. The summed E-state index contributed by atoms with van der Waals surface area (Å²) in [4.78, 5) is 13.0. The summed E-state index contributed by atoms with van der Waals surface area (Å²) in [7, 11) is -3.74. The lowest BCUT2D eigenvalue weighted by Gasteiger charge is -2.31. The van der Waals surface area contributed by atoms with Crippen molar-refractivity contribution in [3.05, 3.63) is 28.2 Å². The van der Waals surface area contributed by atoms with E-state index in [2.05, 4.69) is 19.2 Å². The van der Waals surface area contributed by atoms with Crippen molar-refractivity contribution in [2.75, 3.05) is 39.3 Å². The van der Waals surface area contributed by atoms with Crippen LogP contribution in [0.25, 0.3) is 0 Å². The second-order valence-electron chi connectivity index (χ2n) is 6.91. The van der Waals surface area contributed by atoms with Gasteiger partial charge < -0.3 is 10.2 Å². The molecule has 1 aliphatic rings. The van der Waals surface area contributed by atoms with E-state index in [-0.39, 0.29) is 20.8 Å². The van der Waals surface area contributed by atoms with Crippen LogP contribution >= 0.6 is 23.2 Å². The first-order valence-corrected chi connectivity index (χ1v) is 11.0. The first kappa shape index (κ1) is 21.4. The molecule has 1 aromatic carbocycles. The molecule has 0 spiro atoms. The van der Waals surface area contributed by atoms with E-state index in [1.54, 1.807) is 6.07 Å². The summed E-state index contributed by atoms with van der Waals surface area (Å²) in [6.07, 6.45) is 0.950. The first-order chi connectivity index (χ1) is 12.2. The van der Waals surface area contributed by atoms with Gasteiger partial charge in [0, 0.05) is 6.54 Å². The number of rotatable bonds is 7. The van der Waals surface area contributed by atoms with E-state index in [0.29, 0.717) is 45.2 Å². The Kier molecular flexibility index (Phi) is 7.73. The number of carbonyl (C=O) groups excluding carboxylic acids is 1. The molecule has 0 radical (unpaired) electrons. The zero-order valence-corrected chi connectivity index (χ0v) is 17.4. The molecule has 1 aliphatic heterocycles. The van der Waals surface area contributed by atoms with Gasteiger partial charge in [-0.1, -0.05) is 43.1 Å². The minimum absolute atomic E-state index is 0.00565. The molecule has 0 unspecified atom stereocenters. The highest BCUT2D eigenvalue weighted by Gasteiger charge is 2.33. The molecule has 26 heavy (non-hydrogen) atoms. The molecule has 1 heterocycles. The largest absolute Gasteiger partial charge is 0.351 e. The topological polar surface area (TPSA) is 70.9 Å². The Morgan fingerprint density at radius 3 is 2.35 bits per heavy atom. The van der Waals surface area contributed by atoms with Crippen LogP contribution in [0.3, 0.4) is 0 Å². The van der Waals surface area contributed by atoms with E-state index >= 15 is 0 Å². The summed E-state index contributed by atoms with van der Waals surface area (Å²) in [5.74, 6) is 0.555. The van der Waals surface area contributed by atoms with Gasteiger partial charge in [-0.25, -0.2) is 8.42 Å². The predicted molar refractivity (Wildman–Crippen MR) is 103 cm³/mol. The molecule has 0 atom stereocenters. The fourth-order valence-corrected chi connectivity index (χ4v) is 5.40. The van der Waals surface area contributed by atoms with Crippen LogP contribution in [0.4, 0.5) is 0 Å². The van der Waals surface area contributed by atoms with Gasteiger partial charge in [0.05, 0.1) is 36.2 Å². The van der Waals surface area contributed by atoms with Gasteiger partial charge in [-0.05, 0) is 24.5 Å². The number of carbonyl (C=O) groups is 1. The highest BCUT2D eigenvalue weighted by Crippen LogP contribution is 2.31. The van der Waals surface area contributed by atoms with Crippen LogP contribution in [-0.2, 0) is 14.8 Å². The van der Waals surface area contributed by atoms with Gasteiger partial charge in [0.15, 0.2) is 6.54 Å². The third kappa shape index (κ3) is 5.57. The number of nitrogens with zero attached hydrogens (tertiary/aromatic N) is 1. The van der Waals surface area contributed by atoms with Crippen LogP contribution < -0.4 is 10.2 Å². The first-order valence-electron chi connectivity index (χ1n) is 8.76. The average molecular weight is 423 g/mol. The third-order valence-corrected chi connectivity index (χ3v) is 7.26. The summed E-state index contributed by atoms with van der Waals surface area (Å²) in [6, 6.07) is 4.65. The van der Waals surface area contributed by atoms with Gasteiger partial charge in [-0.2, -0.15) is 4.31 Å². The highest BCUT2D eigenvalue weighted by molar-refractivity contribution is 7.89. The van der Waals surface area contributed by atoms with Gasteiger partial charge >= 0.3 is 0 Å². The zero-order valence-electron chi connectivity index (χ0n) is 15.1. The minimum Gasteiger partial charge on any atom is -0.351 e. The Balaban J connectivity index is 1.91. The number of benzene rings is 1. The van der Waals surface area contributed by atoms with Crippen molar-refractivity contribution in [2.24, 2.45) is 5.92 Å². The van der Waals surface area contributed by atoms with Crippen LogP contribution in [0.5, 0.6) is 0 Å². The van der Waals surface area contributed by atoms with Gasteiger partial charge in [0.1, 0.15) is 4.90 Å². The molecular weight excluding hydrogens is 397 g/mol. The number of quaternary nitrogens is 1. The van der Waals surface area contributed by atoms with Crippen molar-refractivity contribution in [2.45, 2.75) is 25.2 Å². The average Bonchev–Trinajstić information content (AvgIpc) is 2.54. The normalized spacial score (nSPS) is 16.8. The smallest absolute Gasteiger partial charge is 0.275 e. The van der Waals surface area contributed by atoms with E-state index in [1.165, 1.54) is 16.4 Å². The lowest BCUT2D eigenvalue weighted by Crippen LogP contribution is -3.15. The molecule has 0 saturated carbocycles. The van der Waals surface area contributed by atoms with Crippen LogP contribution in [-0.4, -0.2) is 57.9 Å². The molecule has 2 N–H and O–H groups in total. The van der Waals surface area contributed by atoms with Crippen LogP contribution in [0, 0.1) is 5.92 Å². The number of nitrogens with one attached hydrogen (secondary N) is 2. The quantitative estimate of drug-likeness (QED) is 0.689. The van der Waals surface area contributed by atoms with Gasteiger partial charge in [0.25, 0.3) is 5.91 Å². The Labute approximate surface area is 165 Å². The fourth-order valence-electron chi connectivity index (χ4n) is 2.87. The standard InChI is InChI=1S/C17H25Cl2N3O3S/c1-13(2)6-7-20-16(23)12-21-8-10-22(11-9-21)26(24,25)17-14(18)4-3-5-15(17)19/h3-5,13H,6-12H2,1-2H3,(H,20,23)/p+1. The van der Waals surface area contributed by atoms with Crippen molar-refractivity contribution >= 4 is 39.1 Å². The minimum atomic E-state index is -3.74. The van der Waals surface area contributed by atoms with Crippen molar-refractivity contribution in [1.29, 1.82) is 0 Å². The number of piperazine rings is 1. The molecule has 1 fully saturated rings. The lowest BCUT2D eigenvalue weighted by atomic mass is 10.1. The van der Waals surface area contributed by atoms with Crippen LogP contribution in [0.1, 0.15) is 20.3 Å². The van der Waals surface area contributed by atoms with Crippen molar-refractivity contribution in [3.8, 4) is 0 Å². The molecule has 0 aromatic heterocycles. The third-order valence-electron chi connectivity index (χ3n) is 4.40. The summed E-state index contributed by atoms with van der Waals surface area (Å²) >= 11 is 12.1. The number of halogens is 2. The van der Waals surface area contributed by atoms with Gasteiger partial charge in [0.2, 0.25) is 10.0 Å². The Hall–Kier alpha value is -0.860. The SMILES string of the molecule is CC(C)CCNC(=O)C[NH+]1CCN(S(=O)(=O)c2c(Cl)cccc2Cl)CC1. The lowest BCUT2D eigenvalue weighted by molar-refractivity contribution is -0.895. The molecule has 2 rings (SSSR count). The van der Waals surface area contributed by atoms with E-state index in [4.69, 9.17) is 23.2 Å². The van der Waals surface area contributed by atoms with Crippen LogP contribution in [0.15, 0.2) is 23.1 Å². The molecule has 1 amide bonds. The molecule has 146 valence electrons. The number of amides is 1. The Bertz CT molecular complexity index is 713. The molecule has 6 nitrogen and oxygen atoms in total. The summed E-state index contributed by atoms with van der Waals surface area (Å²) < 4.78 is 27.1. The van der Waals surface area contributed by atoms with E-state index < -0.39 is 10.0 Å². The molecule has 1 saturated heterocycles. The maximum Gasteiger partial charge on any atom is 0.275 e. The Morgan fingerprint density at radius 2 is 1.81 bits per heavy atom. The maximum absolute atomic E-state index is 12.8. The number of hydrogen-bond donors (Lipinski definition) is 2. The molecule has 0 aliphatic carbocycles. The van der Waals surface area contributed by atoms with Gasteiger partial charge in [-0.3, -0.25) is 4.79 Å². The monoisotopic (exact) mass is 422 g/mol. The Morgan fingerprint density at radius 1 is 1.23 bits per heavy atom. The van der Waals surface area contributed by atoms with E-state index in [0.717, 1.165) is 11.3 Å². The van der Waals surface area contributed by atoms with Gasteiger partial charge in [-0.15, -0.1) is 0 Å². The van der Waals surface area contributed by atoms with E-state index in [1.807, 2.05) is 0 Å². The summed E-state index contributed by atoms with van der Waals surface area (Å²) in [6.45, 7) is 7.06. The zero-order chi connectivity index (χ0) is 19.3. The maximum atomic E-state index is 12.8. The van der Waals surface area contributed by atoms with Crippen molar-refractivity contribution in [3.63, 3.8) is 0 Å². The van der Waals surface area contributed by atoms with Crippen molar-refractivity contribution in [1.82, 2.24) is 9.62 Å². The molecular formula is C17H26Cl2N3O3S+. The molecule has 9 heteroatoms. The molecule has 0 bridgehead atoms. The van der Waals surface area contributed by atoms with Crippen molar-refractivity contribution < 1.29 is 18.1 Å². The van der Waals surface area contributed by atoms with Crippen LogP contribution in [0.2, 0.25) is 10.0 Å². The fraction of sp³-hybridized carbons (Fsp3) is 0.588. The second-order valence-corrected chi connectivity index (χ2v) is 9.60. The summed E-state index contributed by atoms with van der Waals surface area (Å²) in [5, 5.41) is 3.16. The molecule has 1 aromatic rings.